The van der Waals surface area contributed by atoms with E-state index in [0.717, 1.165) is 0 Å². The second kappa shape index (κ2) is 5.11. The lowest BCUT2D eigenvalue weighted by molar-refractivity contribution is -0.121. The Morgan fingerprint density at radius 3 is 1.94 bits per heavy atom. The highest BCUT2D eigenvalue weighted by molar-refractivity contribution is 5.93. The van der Waals surface area contributed by atoms with Crippen LogP contribution in [0.15, 0.2) is 12.2 Å². The smallest absolute Gasteiger partial charge is 0.160 e. The lowest BCUT2D eigenvalue weighted by Gasteiger charge is -2.29. The Hall–Kier alpha value is -0.670. The van der Waals surface area contributed by atoms with Crippen molar-refractivity contribution < 1.29 is 9.90 Å². The monoisotopic (exact) mass is 227 g/mol. The maximum Gasteiger partial charge on any atom is 0.160 e. The minimum atomic E-state index is -0.656. The first-order valence-electron chi connectivity index (χ1n) is 5.62. The molecule has 0 amide bonds. The number of rotatable bonds is 3. The normalized spacial score (nSPS) is 17.5. The third-order valence-corrected chi connectivity index (χ3v) is 2.46. The average Bonchev–Trinajstić information content (AvgIpc) is 2.09. The first-order chi connectivity index (χ1) is 6.96. The van der Waals surface area contributed by atoms with Crippen LogP contribution in [0.25, 0.3) is 0 Å². The molecule has 3 N–H and O–H groups in total. The number of carbonyl (C=O) groups excluding carboxylic acids is 1. The molecule has 94 valence electrons. The number of allylic oxidation sites excluding steroid dienone is 1. The standard InChI is InChI=1S/C13H25NO2/c1-12(2,3)10(15)8-7-9(14)11(16)13(4,5)6/h7-9,11,16H,14H2,1-6H3/b8-7+/t9-,11+/m0/s1. The van der Waals surface area contributed by atoms with Gasteiger partial charge in [-0.2, -0.15) is 0 Å². The molecule has 0 rings (SSSR count). The summed E-state index contributed by atoms with van der Waals surface area (Å²) in [6, 6.07) is -0.508. The van der Waals surface area contributed by atoms with Crippen molar-refractivity contribution in [2.75, 3.05) is 0 Å². The fourth-order valence-corrected chi connectivity index (χ4v) is 1.13. The zero-order valence-electron chi connectivity index (χ0n) is 11.2. The number of hydrogen-bond donors (Lipinski definition) is 2. The average molecular weight is 227 g/mol. The summed E-state index contributed by atoms with van der Waals surface area (Å²) in [6.07, 6.45) is 2.40. The van der Waals surface area contributed by atoms with Crippen molar-refractivity contribution in [1.29, 1.82) is 0 Å². The quantitative estimate of drug-likeness (QED) is 0.724. The molecule has 16 heavy (non-hydrogen) atoms. The van der Waals surface area contributed by atoms with Crippen molar-refractivity contribution in [3.63, 3.8) is 0 Å². The number of carbonyl (C=O) groups is 1. The summed E-state index contributed by atoms with van der Waals surface area (Å²) in [5.74, 6) is 0.0176. The molecule has 0 heterocycles. The van der Waals surface area contributed by atoms with Crippen LogP contribution in [0.4, 0.5) is 0 Å². The molecule has 3 nitrogen and oxygen atoms in total. The number of nitrogens with two attached hydrogens (primary N) is 1. The lowest BCUT2D eigenvalue weighted by Crippen LogP contribution is -2.42. The predicted octanol–water partition coefficient (Wildman–Crippen LogP) is 1.89. The summed E-state index contributed by atoms with van der Waals surface area (Å²) in [4.78, 5) is 11.6. The van der Waals surface area contributed by atoms with E-state index in [9.17, 15) is 9.90 Å². The molecule has 0 spiro atoms. The summed E-state index contributed by atoms with van der Waals surface area (Å²) in [5.41, 5.74) is 5.12. The van der Waals surface area contributed by atoms with Gasteiger partial charge in [0.25, 0.3) is 0 Å². The minimum Gasteiger partial charge on any atom is -0.391 e. The third kappa shape index (κ3) is 4.90. The van der Waals surface area contributed by atoms with E-state index in [-0.39, 0.29) is 11.2 Å². The van der Waals surface area contributed by atoms with Gasteiger partial charge in [-0.05, 0) is 11.5 Å². The number of aliphatic hydroxyl groups excluding tert-OH is 1. The first kappa shape index (κ1) is 15.3. The number of ketones is 1. The Morgan fingerprint density at radius 2 is 1.62 bits per heavy atom. The molecule has 3 heteroatoms. The van der Waals surface area contributed by atoms with E-state index < -0.39 is 17.6 Å². The van der Waals surface area contributed by atoms with Crippen molar-refractivity contribution in [3.05, 3.63) is 12.2 Å². The van der Waals surface area contributed by atoms with Crippen LogP contribution in [0.1, 0.15) is 41.5 Å². The predicted molar refractivity (Wildman–Crippen MR) is 67.0 cm³/mol. The summed E-state index contributed by atoms with van der Waals surface area (Å²) in [7, 11) is 0. The maximum atomic E-state index is 11.6. The first-order valence-corrected chi connectivity index (χ1v) is 5.62. The molecule has 0 aliphatic carbocycles. The van der Waals surface area contributed by atoms with Gasteiger partial charge in [-0.25, -0.2) is 0 Å². The molecule has 2 atom stereocenters. The van der Waals surface area contributed by atoms with E-state index in [4.69, 9.17) is 5.73 Å². The second-order valence-electron chi connectivity index (χ2n) is 6.36. The molecule has 0 aliphatic rings. The molecular weight excluding hydrogens is 202 g/mol. The summed E-state index contributed by atoms with van der Waals surface area (Å²) in [6.45, 7) is 11.3. The molecule has 0 aromatic heterocycles. The number of aliphatic hydroxyl groups is 1. The molecule has 0 unspecified atom stereocenters. The fraction of sp³-hybridized carbons (Fsp3) is 0.769. The zero-order chi connectivity index (χ0) is 13.1. The van der Waals surface area contributed by atoms with Crippen LogP contribution in [0.3, 0.4) is 0 Å². The highest BCUT2D eigenvalue weighted by Crippen LogP contribution is 2.22. The lowest BCUT2D eigenvalue weighted by atomic mass is 9.84. The van der Waals surface area contributed by atoms with Gasteiger partial charge in [-0.1, -0.05) is 47.6 Å². The second-order valence-corrected chi connectivity index (χ2v) is 6.36. The summed E-state index contributed by atoms with van der Waals surface area (Å²) < 4.78 is 0. The Balaban J connectivity index is 4.53. The van der Waals surface area contributed by atoms with Crippen molar-refractivity contribution in [2.24, 2.45) is 16.6 Å². The largest absolute Gasteiger partial charge is 0.391 e. The van der Waals surface area contributed by atoms with Crippen LogP contribution < -0.4 is 5.73 Å². The molecule has 0 aromatic rings. The van der Waals surface area contributed by atoms with Gasteiger partial charge in [0.15, 0.2) is 5.78 Å². The van der Waals surface area contributed by atoms with Gasteiger partial charge in [0, 0.05) is 11.5 Å². The van der Waals surface area contributed by atoms with E-state index >= 15 is 0 Å². The molecule has 0 bridgehead atoms. The van der Waals surface area contributed by atoms with Gasteiger partial charge >= 0.3 is 0 Å². The van der Waals surface area contributed by atoms with Crippen molar-refractivity contribution >= 4 is 5.78 Å². The maximum absolute atomic E-state index is 11.6. The highest BCUT2D eigenvalue weighted by Gasteiger charge is 2.27. The van der Waals surface area contributed by atoms with E-state index in [1.165, 1.54) is 6.08 Å². The van der Waals surface area contributed by atoms with E-state index in [2.05, 4.69) is 0 Å². The van der Waals surface area contributed by atoms with Crippen LogP contribution in [0, 0.1) is 10.8 Å². The Labute approximate surface area is 98.7 Å². The van der Waals surface area contributed by atoms with Crippen molar-refractivity contribution in [2.45, 2.75) is 53.7 Å². The topological polar surface area (TPSA) is 63.3 Å². The fourth-order valence-electron chi connectivity index (χ4n) is 1.13. The molecule has 0 aromatic carbocycles. The van der Waals surface area contributed by atoms with E-state index in [1.807, 2.05) is 41.5 Å². The highest BCUT2D eigenvalue weighted by atomic mass is 16.3. The van der Waals surface area contributed by atoms with Gasteiger partial charge in [0.2, 0.25) is 0 Å². The zero-order valence-corrected chi connectivity index (χ0v) is 11.2. The molecule has 0 saturated heterocycles. The summed E-state index contributed by atoms with van der Waals surface area (Å²) >= 11 is 0. The SMILES string of the molecule is CC(C)(C)C(=O)/C=C/[C@H](N)[C@@H](O)C(C)(C)C. The van der Waals surface area contributed by atoms with Gasteiger partial charge in [-0.15, -0.1) is 0 Å². The molecular formula is C13H25NO2. The Bertz CT molecular complexity index is 269. The summed E-state index contributed by atoms with van der Waals surface area (Å²) in [5, 5.41) is 9.88. The van der Waals surface area contributed by atoms with Crippen LogP contribution in [-0.2, 0) is 4.79 Å². The van der Waals surface area contributed by atoms with Crippen molar-refractivity contribution in [1.82, 2.24) is 0 Å². The van der Waals surface area contributed by atoms with Gasteiger partial charge < -0.3 is 10.8 Å². The van der Waals surface area contributed by atoms with E-state index in [1.54, 1.807) is 6.08 Å². The molecule has 0 saturated carbocycles. The molecule has 0 aliphatic heterocycles. The van der Waals surface area contributed by atoms with Crippen molar-refractivity contribution in [3.8, 4) is 0 Å². The van der Waals surface area contributed by atoms with Crippen LogP contribution in [-0.4, -0.2) is 23.0 Å². The number of hydrogen-bond acceptors (Lipinski definition) is 3. The van der Waals surface area contributed by atoms with Crippen LogP contribution in [0.2, 0.25) is 0 Å². The van der Waals surface area contributed by atoms with Crippen LogP contribution >= 0.6 is 0 Å². The van der Waals surface area contributed by atoms with Gasteiger partial charge in [-0.3, -0.25) is 4.79 Å². The van der Waals surface area contributed by atoms with E-state index in [0.29, 0.717) is 0 Å². The van der Waals surface area contributed by atoms with Crippen LogP contribution in [0.5, 0.6) is 0 Å². The molecule has 0 radical (unpaired) electrons. The third-order valence-electron chi connectivity index (χ3n) is 2.46. The Kier molecular flexibility index (Phi) is 4.89. The Morgan fingerprint density at radius 1 is 1.19 bits per heavy atom. The van der Waals surface area contributed by atoms with Gasteiger partial charge in [0.05, 0.1) is 6.10 Å². The molecule has 0 fully saturated rings. The van der Waals surface area contributed by atoms with Gasteiger partial charge in [0.1, 0.15) is 0 Å². The minimum absolute atomic E-state index is 0.0176.